The minimum absolute atomic E-state index is 0.0255. The maximum absolute atomic E-state index is 14.2. The zero-order valence-corrected chi connectivity index (χ0v) is 29.4. The lowest BCUT2D eigenvalue weighted by Crippen LogP contribution is -2.46. The van der Waals surface area contributed by atoms with Gasteiger partial charge >= 0.3 is 7.82 Å². The van der Waals surface area contributed by atoms with Crippen LogP contribution >= 0.6 is 23.8 Å². The predicted octanol–water partition coefficient (Wildman–Crippen LogP) is 5.36. The average Bonchev–Trinajstić information content (AvgIpc) is 3.47. The molecule has 48 heavy (non-hydrogen) atoms. The average molecular weight is 741 g/mol. The van der Waals surface area contributed by atoms with Gasteiger partial charge in [-0.1, -0.05) is 12.1 Å². The number of halogens is 1. The molecular formula is C32H35BrN7O7P. The molecule has 14 nitrogen and oxygen atoms in total. The minimum atomic E-state index is -3.83. The molecule has 6 rings (SSSR count). The van der Waals surface area contributed by atoms with Gasteiger partial charge in [0.05, 0.1) is 25.3 Å². The SMILES string of the molecule is CCOP(=O)(OCC)OC[C@]12CC1N(C(=O)Cn1nc(C(C)=O)c3cc(-c4cnc(C)nc4)ccc31)[C@H](C(=O)Nc1cccc(Br)n1)C2. The Morgan fingerprint density at radius 1 is 1.04 bits per heavy atom. The summed E-state index contributed by atoms with van der Waals surface area (Å²) in [6.45, 7) is 6.61. The standard InChI is InChI=1S/C32H35BrN7O7P/c1-5-45-48(44,46-6-2)47-18-32-13-25(31(43)37-28-9-7-8-27(33)36-28)40(26(32)14-32)29(42)17-39-24-11-10-21(22-15-34-20(4)35-16-22)12-23(24)30(38-39)19(3)41/h7-12,15-16,25-26H,5-6,13-14,17-18H2,1-4H3,(H,36,37,43)/t25-,26?,32-/m0/s1. The third kappa shape index (κ3) is 6.83. The van der Waals surface area contributed by atoms with Gasteiger partial charge in [-0.25, -0.2) is 19.5 Å². The number of piperidine rings is 1. The lowest BCUT2D eigenvalue weighted by atomic mass is 10.0. The number of nitrogens with zero attached hydrogens (tertiary/aromatic N) is 6. The van der Waals surface area contributed by atoms with Crippen LogP contribution in [0.15, 0.2) is 53.4 Å². The lowest BCUT2D eigenvalue weighted by Gasteiger charge is -2.27. The first-order chi connectivity index (χ1) is 23.0. The molecule has 2 aliphatic rings. The molecule has 1 aromatic carbocycles. The maximum atomic E-state index is 14.2. The van der Waals surface area contributed by atoms with E-state index >= 15 is 0 Å². The van der Waals surface area contributed by atoms with Gasteiger partial charge in [0.15, 0.2) is 5.78 Å². The molecule has 252 valence electrons. The Hall–Kier alpha value is -3.88. The molecule has 4 aromatic rings. The van der Waals surface area contributed by atoms with Gasteiger partial charge in [0, 0.05) is 41.7 Å². The Balaban J connectivity index is 1.29. The number of anilines is 1. The summed E-state index contributed by atoms with van der Waals surface area (Å²) in [7, 11) is -3.83. The van der Waals surface area contributed by atoms with Gasteiger partial charge in [-0.05, 0) is 79.4 Å². The van der Waals surface area contributed by atoms with Gasteiger partial charge in [0.2, 0.25) is 11.8 Å². The summed E-state index contributed by atoms with van der Waals surface area (Å²) in [5.74, 6) is -0.0760. The van der Waals surface area contributed by atoms with Crippen LogP contribution in [0.25, 0.3) is 22.0 Å². The molecular weight excluding hydrogens is 705 g/mol. The van der Waals surface area contributed by atoms with Crippen LogP contribution < -0.4 is 5.32 Å². The minimum Gasteiger partial charge on any atom is -0.325 e. The zero-order chi connectivity index (χ0) is 34.2. The van der Waals surface area contributed by atoms with Crippen molar-refractivity contribution < 1.29 is 32.5 Å². The molecule has 2 amide bonds. The van der Waals surface area contributed by atoms with Crippen molar-refractivity contribution in [3.63, 3.8) is 0 Å². The molecule has 0 bridgehead atoms. The molecule has 16 heteroatoms. The fraction of sp³-hybridized carbons (Fsp3) is 0.406. The first-order valence-electron chi connectivity index (χ1n) is 15.5. The van der Waals surface area contributed by atoms with E-state index in [2.05, 4.69) is 41.3 Å². The van der Waals surface area contributed by atoms with Crippen LogP contribution in [0.1, 0.15) is 49.9 Å². The van der Waals surface area contributed by atoms with Crippen molar-refractivity contribution in [3.05, 3.63) is 64.9 Å². The Kier molecular flexibility index (Phi) is 9.60. The second-order valence-electron chi connectivity index (χ2n) is 11.8. The van der Waals surface area contributed by atoms with E-state index in [1.165, 1.54) is 11.6 Å². The van der Waals surface area contributed by atoms with Crippen molar-refractivity contribution >= 4 is 58.1 Å². The molecule has 3 aromatic heterocycles. The van der Waals surface area contributed by atoms with Crippen LogP contribution in [-0.4, -0.2) is 79.1 Å². The molecule has 0 radical (unpaired) electrons. The normalized spacial score (nSPS) is 20.1. The van der Waals surface area contributed by atoms with E-state index < -0.39 is 25.2 Å². The molecule has 1 aliphatic heterocycles. The Labute approximate surface area is 285 Å². The number of amides is 2. The van der Waals surface area contributed by atoms with Crippen LogP contribution in [0.2, 0.25) is 0 Å². The number of carbonyl (C=O) groups excluding carboxylic acids is 3. The third-order valence-electron chi connectivity index (χ3n) is 8.54. The van der Waals surface area contributed by atoms with Gasteiger partial charge < -0.3 is 10.2 Å². The number of rotatable bonds is 13. The van der Waals surface area contributed by atoms with Gasteiger partial charge in [-0.3, -0.25) is 32.6 Å². The highest BCUT2D eigenvalue weighted by Crippen LogP contribution is 2.62. The van der Waals surface area contributed by atoms with Crippen molar-refractivity contribution in [1.29, 1.82) is 0 Å². The number of likely N-dealkylation sites (tertiary alicyclic amines) is 1. The molecule has 1 saturated carbocycles. The summed E-state index contributed by atoms with van der Waals surface area (Å²) in [6.07, 6.45) is 4.22. The monoisotopic (exact) mass is 739 g/mol. The summed E-state index contributed by atoms with van der Waals surface area (Å²) in [4.78, 5) is 55.0. The van der Waals surface area contributed by atoms with Crippen molar-refractivity contribution in [3.8, 4) is 11.1 Å². The van der Waals surface area contributed by atoms with E-state index in [-0.39, 0.29) is 56.2 Å². The number of Topliss-reactive ketones (excluding diaryl/α,β-unsaturated/α-hetero) is 1. The molecule has 3 atom stereocenters. The van der Waals surface area contributed by atoms with E-state index in [0.29, 0.717) is 33.6 Å². The van der Waals surface area contributed by atoms with Gasteiger partial charge in [0.1, 0.15) is 34.5 Å². The zero-order valence-electron chi connectivity index (χ0n) is 26.9. The van der Waals surface area contributed by atoms with E-state index in [0.717, 1.165) is 11.1 Å². The number of phosphoric acid groups is 1. The van der Waals surface area contributed by atoms with E-state index in [9.17, 15) is 18.9 Å². The first kappa shape index (κ1) is 34.0. The number of benzene rings is 1. The Morgan fingerprint density at radius 3 is 2.44 bits per heavy atom. The maximum Gasteiger partial charge on any atom is 0.474 e. The number of fused-ring (bicyclic) bond motifs is 2. The highest BCUT2D eigenvalue weighted by Gasteiger charge is 2.67. The largest absolute Gasteiger partial charge is 0.474 e. The summed E-state index contributed by atoms with van der Waals surface area (Å²) < 4.78 is 31.5. The second kappa shape index (κ2) is 13.6. The Morgan fingerprint density at radius 2 is 1.77 bits per heavy atom. The van der Waals surface area contributed by atoms with E-state index in [4.69, 9.17) is 13.6 Å². The van der Waals surface area contributed by atoms with E-state index in [1.54, 1.807) is 62.3 Å². The first-order valence-corrected chi connectivity index (χ1v) is 17.8. The fourth-order valence-corrected chi connectivity index (χ4v) is 7.85. The fourth-order valence-electron chi connectivity index (χ4n) is 6.23. The molecule has 2 fully saturated rings. The highest BCUT2D eigenvalue weighted by atomic mass is 79.9. The summed E-state index contributed by atoms with van der Waals surface area (Å²) in [5.41, 5.74) is 1.75. The summed E-state index contributed by atoms with van der Waals surface area (Å²) in [5, 5.41) is 7.95. The predicted molar refractivity (Wildman–Crippen MR) is 179 cm³/mol. The second-order valence-corrected chi connectivity index (χ2v) is 14.3. The van der Waals surface area contributed by atoms with Crippen LogP contribution in [0.4, 0.5) is 5.82 Å². The lowest BCUT2D eigenvalue weighted by molar-refractivity contribution is -0.138. The number of nitrogens with one attached hydrogen (secondary N) is 1. The van der Waals surface area contributed by atoms with Crippen LogP contribution in [0.5, 0.6) is 0 Å². The molecule has 1 saturated heterocycles. The van der Waals surface area contributed by atoms with Crippen LogP contribution in [0, 0.1) is 12.3 Å². The third-order valence-corrected chi connectivity index (χ3v) is 10.6. The number of hydrogen-bond donors (Lipinski definition) is 1. The number of phosphoric ester groups is 1. The van der Waals surface area contributed by atoms with Crippen molar-refractivity contribution in [2.75, 3.05) is 25.1 Å². The quantitative estimate of drug-likeness (QED) is 0.107. The highest BCUT2D eigenvalue weighted by molar-refractivity contribution is 9.10. The van der Waals surface area contributed by atoms with Crippen LogP contribution in [-0.2, 0) is 34.3 Å². The molecule has 1 N–H and O–H groups in total. The summed E-state index contributed by atoms with van der Waals surface area (Å²) in [6, 6.07) is 9.39. The number of aromatic nitrogens is 5. The van der Waals surface area contributed by atoms with Gasteiger partial charge in [-0.2, -0.15) is 5.10 Å². The number of carbonyl (C=O) groups is 3. The van der Waals surface area contributed by atoms with E-state index in [1.807, 2.05) is 12.1 Å². The summed E-state index contributed by atoms with van der Waals surface area (Å²) >= 11 is 3.32. The number of ketones is 1. The molecule has 4 heterocycles. The molecule has 1 unspecified atom stereocenters. The van der Waals surface area contributed by atoms with Crippen LogP contribution in [0.3, 0.4) is 0 Å². The Bertz CT molecular complexity index is 1930. The van der Waals surface area contributed by atoms with Gasteiger partial charge in [-0.15, -0.1) is 0 Å². The van der Waals surface area contributed by atoms with Crippen molar-refractivity contribution in [2.45, 2.75) is 59.2 Å². The smallest absolute Gasteiger partial charge is 0.325 e. The number of aryl methyl sites for hydroxylation is 1. The van der Waals surface area contributed by atoms with Crippen molar-refractivity contribution in [2.24, 2.45) is 5.41 Å². The van der Waals surface area contributed by atoms with Crippen molar-refractivity contribution in [1.82, 2.24) is 29.6 Å². The molecule has 1 aliphatic carbocycles. The number of pyridine rings is 1. The van der Waals surface area contributed by atoms with Gasteiger partial charge in [0.25, 0.3) is 0 Å². The molecule has 0 spiro atoms. The topological polar surface area (TPSA) is 168 Å². The number of hydrogen-bond acceptors (Lipinski definition) is 11.